The molecule has 2 aromatic rings. The molecule has 1 aromatic carbocycles. The molecule has 0 bridgehead atoms. The Balaban J connectivity index is 1.82. The zero-order valence-corrected chi connectivity index (χ0v) is 14.0. The standard InChI is InChI=1S/C16H15ClO2S2/c1-10(16(18)14-7-8-15(17)20-14)21(19)13-6-5-11-3-2-4-12(11)9-13/h5-10H,2-4H2,1H3. The highest BCUT2D eigenvalue weighted by atomic mass is 35.5. The normalized spacial score (nSPS) is 16.5. The first kappa shape index (κ1) is 14.9. The van der Waals surface area contributed by atoms with E-state index < -0.39 is 16.0 Å². The molecular formula is C16H15ClO2S2. The predicted octanol–water partition coefficient (Wildman–Crippen LogP) is 4.27. The molecular weight excluding hydrogens is 324 g/mol. The maximum Gasteiger partial charge on any atom is 0.188 e. The van der Waals surface area contributed by atoms with Gasteiger partial charge in [0.05, 0.1) is 20.0 Å². The third kappa shape index (κ3) is 2.98. The number of aryl methyl sites for hydroxylation is 2. The summed E-state index contributed by atoms with van der Waals surface area (Å²) in [5.74, 6) is -0.106. The van der Waals surface area contributed by atoms with Gasteiger partial charge >= 0.3 is 0 Å². The largest absolute Gasteiger partial charge is 0.292 e. The topological polar surface area (TPSA) is 34.1 Å². The maximum absolute atomic E-state index is 12.6. The van der Waals surface area contributed by atoms with Gasteiger partial charge in [0.25, 0.3) is 0 Å². The summed E-state index contributed by atoms with van der Waals surface area (Å²) in [6, 6.07) is 9.35. The van der Waals surface area contributed by atoms with Crippen LogP contribution in [0, 0.1) is 0 Å². The molecule has 0 saturated heterocycles. The molecule has 1 aliphatic carbocycles. The third-order valence-corrected chi connectivity index (χ3v) is 6.63. The molecule has 2 atom stereocenters. The number of ketones is 1. The maximum atomic E-state index is 12.6. The van der Waals surface area contributed by atoms with Gasteiger partial charge in [0.15, 0.2) is 5.78 Å². The Kier molecular flexibility index (Phi) is 4.29. The van der Waals surface area contributed by atoms with Crippen LogP contribution in [0.2, 0.25) is 4.34 Å². The van der Waals surface area contributed by atoms with Crippen LogP contribution in [0.1, 0.15) is 34.1 Å². The van der Waals surface area contributed by atoms with Crippen molar-refractivity contribution >= 4 is 39.5 Å². The van der Waals surface area contributed by atoms with Crippen LogP contribution in [0.4, 0.5) is 0 Å². The number of fused-ring (bicyclic) bond motifs is 1. The molecule has 5 heteroatoms. The van der Waals surface area contributed by atoms with E-state index in [9.17, 15) is 9.00 Å². The van der Waals surface area contributed by atoms with Crippen molar-refractivity contribution in [2.24, 2.45) is 0 Å². The average Bonchev–Trinajstić information content (AvgIpc) is 3.12. The number of thiophene rings is 1. The van der Waals surface area contributed by atoms with Crippen molar-refractivity contribution in [3.8, 4) is 0 Å². The van der Waals surface area contributed by atoms with Gasteiger partial charge in [-0.1, -0.05) is 17.7 Å². The van der Waals surface area contributed by atoms with Gasteiger partial charge in [-0.2, -0.15) is 0 Å². The highest BCUT2D eigenvalue weighted by Gasteiger charge is 2.25. The van der Waals surface area contributed by atoms with Crippen molar-refractivity contribution in [1.29, 1.82) is 0 Å². The van der Waals surface area contributed by atoms with E-state index in [4.69, 9.17) is 11.6 Å². The number of hydrogen-bond acceptors (Lipinski definition) is 3. The lowest BCUT2D eigenvalue weighted by Crippen LogP contribution is -2.22. The summed E-state index contributed by atoms with van der Waals surface area (Å²) in [6.45, 7) is 1.72. The number of hydrogen-bond donors (Lipinski definition) is 0. The molecule has 0 aliphatic heterocycles. The quantitative estimate of drug-likeness (QED) is 0.780. The molecule has 3 rings (SSSR count). The summed E-state index contributed by atoms with van der Waals surface area (Å²) in [5, 5.41) is -0.556. The number of Topliss-reactive ketones (excluding diaryl/α,β-unsaturated/α-hetero) is 1. The molecule has 0 N–H and O–H groups in total. The van der Waals surface area contributed by atoms with Crippen LogP contribution >= 0.6 is 22.9 Å². The molecule has 2 unspecified atom stereocenters. The van der Waals surface area contributed by atoms with Gasteiger partial charge in [-0.3, -0.25) is 9.00 Å². The van der Waals surface area contributed by atoms with Crippen molar-refractivity contribution in [2.45, 2.75) is 36.3 Å². The fraction of sp³-hybridized carbons (Fsp3) is 0.312. The average molecular weight is 339 g/mol. The van der Waals surface area contributed by atoms with Gasteiger partial charge in [-0.15, -0.1) is 11.3 Å². The molecule has 0 saturated carbocycles. The first-order valence-corrected chi connectivity index (χ1v) is 9.29. The smallest absolute Gasteiger partial charge is 0.188 e. The molecule has 0 amide bonds. The van der Waals surface area contributed by atoms with Gasteiger partial charge < -0.3 is 0 Å². The van der Waals surface area contributed by atoms with Gasteiger partial charge in [0.1, 0.15) is 5.25 Å². The van der Waals surface area contributed by atoms with Crippen LogP contribution < -0.4 is 0 Å². The van der Waals surface area contributed by atoms with E-state index in [1.54, 1.807) is 19.1 Å². The monoisotopic (exact) mass is 338 g/mol. The van der Waals surface area contributed by atoms with Crippen molar-refractivity contribution in [3.05, 3.63) is 50.7 Å². The minimum atomic E-state index is -1.33. The summed E-state index contributed by atoms with van der Waals surface area (Å²) in [5.41, 5.74) is 2.62. The SMILES string of the molecule is CC(C(=O)c1ccc(Cl)s1)S(=O)c1ccc2c(c1)CCC2. The molecule has 110 valence electrons. The van der Waals surface area contributed by atoms with E-state index in [1.165, 1.54) is 22.5 Å². The lowest BCUT2D eigenvalue weighted by Gasteiger charge is -2.11. The van der Waals surface area contributed by atoms with Crippen LogP contribution in [-0.2, 0) is 23.6 Å². The van der Waals surface area contributed by atoms with Gasteiger partial charge in [-0.25, -0.2) is 0 Å². The van der Waals surface area contributed by atoms with Crippen LogP contribution in [0.5, 0.6) is 0 Å². The second-order valence-corrected chi connectivity index (χ2v) is 8.68. The van der Waals surface area contributed by atoms with E-state index in [1.807, 2.05) is 12.1 Å². The second kappa shape index (κ2) is 6.03. The number of rotatable bonds is 4. The Bertz CT molecular complexity index is 721. The first-order valence-electron chi connectivity index (χ1n) is 6.88. The lowest BCUT2D eigenvalue weighted by molar-refractivity contribution is 0.0996. The van der Waals surface area contributed by atoms with E-state index in [0.717, 1.165) is 24.2 Å². The fourth-order valence-electron chi connectivity index (χ4n) is 2.62. The van der Waals surface area contributed by atoms with Crippen LogP contribution in [0.25, 0.3) is 0 Å². The Morgan fingerprint density at radius 2 is 2.00 bits per heavy atom. The van der Waals surface area contributed by atoms with Gasteiger partial charge in [0, 0.05) is 4.90 Å². The summed E-state index contributed by atoms with van der Waals surface area (Å²) >= 11 is 7.10. The zero-order chi connectivity index (χ0) is 15.0. The number of halogens is 1. The molecule has 2 nitrogen and oxygen atoms in total. The summed E-state index contributed by atoms with van der Waals surface area (Å²) in [4.78, 5) is 13.7. The van der Waals surface area contributed by atoms with Crippen molar-refractivity contribution in [2.75, 3.05) is 0 Å². The number of carbonyl (C=O) groups excluding carboxylic acids is 1. The fourth-order valence-corrected chi connectivity index (χ4v) is 4.96. The Hall–Kier alpha value is -0.970. The predicted molar refractivity (Wildman–Crippen MR) is 88.0 cm³/mol. The molecule has 0 radical (unpaired) electrons. The Labute approximate surface area is 135 Å². The molecule has 0 fully saturated rings. The highest BCUT2D eigenvalue weighted by Crippen LogP contribution is 2.27. The van der Waals surface area contributed by atoms with E-state index in [-0.39, 0.29) is 5.78 Å². The minimum Gasteiger partial charge on any atom is -0.292 e. The van der Waals surface area contributed by atoms with Crippen molar-refractivity contribution < 1.29 is 9.00 Å². The number of benzene rings is 1. The van der Waals surface area contributed by atoms with Crippen LogP contribution in [-0.4, -0.2) is 15.2 Å². The van der Waals surface area contributed by atoms with Crippen molar-refractivity contribution in [1.82, 2.24) is 0 Å². The van der Waals surface area contributed by atoms with Crippen LogP contribution in [0.15, 0.2) is 35.2 Å². The molecule has 21 heavy (non-hydrogen) atoms. The van der Waals surface area contributed by atoms with E-state index >= 15 is 0 Å². The van der Waals surface area contributed by atoms with E-state index in [0.29, 0.717) is 9.21 Å². The Morgan fingerprint density at radius 1 is 1.24 bits per heavy atom. The van der Waals surface area contributed by atoms with Gasteiger partial charge in [-0.05, 0) is 61.6 Å². The lowest BCUT2D eigenvalue weighted by atomic mass is 10.1. The minimum absolute atomic E-state index is 0.106. The zero-order valence-electron chi connectivity index (χ0n) is 11.6. The highest BCUT2D eigenvalue weighted by molar-refractivity contribution is 7.86. The molecule has 1 aliphatic rings. The van der Waals surface area contributed by atoms with Gasteiger partial charge in [0.2, 0.25) is 0 Å². The third-order valence-electron chi connectivity index (χ3n) is 3.81. The first-order chi connectivity index (χ1) is 10.1. The summed E-state index contributed by atoms with van der Waals surface area (Å²) < 4.78 is 13.2. The second-order valence-electron chi connectivity index (χ2n) is 5.19. The summed E-state index contributed by atoms with van der Waals surface area (Å²) in [7, 11) is -1.33. The number of carbonyl (C=O) groups is 1. The summed E-state index contributed by atoms with van der Waals surface area (Å²) in [6.07, 6.45) is 3.31. The van der Waals surface area contributed by atoms with Crippen LogP contribution in [0.3, 0.4) is 0 Å². The molecule has 1 aromatic heterocycles. The van der Waals surface area contributed by atoms with Crippen molar-refractivity contribution in [3.63, 3.8) is 0 Å². The molecule has 1 heterocycles. The van der Waals surface area contributed by atoms with E-state index in [2.05, 4.69) is 6.07 Å². The Morgan fingerprint density at radius 3 is 2.71 bits per heavy atom. The molecule has 0 spiro atoms.